The number of anilines is 1. The van der Waals surface area contributed by atoms with Crippen molar-refractivity contribution >= 4 is 22.7 Å². The average Bonchev–Trinajstić information content (AvgIpc) is 2.86. The first-order chi connectivity index (χ1) is 12.2. The first-order valence-corrected chi connectivity index (χ1v) is 7.27. The maximum atomic E-state index is 12.6. The molecule has 3 rings (SSSR count). The molecule has 26 heavy (non-hydrogen) atoms. The molecule has 0 bridgehead atoms. The number of fused-ring (bicyclic) bond motifs is 1. The molecule has 0 unspecified atom stereocenters. The van der Waals surface area contributed by atoms with E-state index in [1.807, 2.05) is 0 Å². The van der Waals surface area contributed by atoms with Crippen molar-refractivity contribution in [2.45, 2.75) is 13.3 Å². The molecule has 0 fully saturated rings. The molecule has 0 atom stereocenters. The number of amides is 1. The molecule has 0 spiro atoms. The van der Waals surface area contributed by atoms with Crippen LogP contribution in [-0.2, 0) is 7.05 Å². The van der Waals surface area contributed by atoms with E-state index in [2.05, 4.69) is 15.0 Å². The summed E-state index contributed by atoms with van der Waals surface area (Å²) in [4.78, 5) is 28.8. The summed E-state index contributed by atoms with van der Waals surface area (Å²) in [6.07, 6.45) is -3.59. The van der Waals surface area contributed by atoms with Crippen molar-refractivity contribution in [3.63, 3.8) is 0 Å². The molecule has 1 aromatic carbocycles. The summed E-state index contributed by atoms with van der Waals surface area (Å²) in [7, 11) is 1.47. The first-order valence-electron chi connectivity index (χ1n) is 7.27. The lowest BCUT2D eigenvalue weighted by Gasteiger charge is -2.10. The Balaban J connectivity index is 1.96. The predicted octanol–water partition coefficient (Wildman–Crippen LogP) is 2.99. The zero-order valence-electron chi connectivity index (χ0n) is 13.5. The molecule has 0 aliphatic carbocycles. The number of nitrogens with one attached hydrogen (secondary N) is 1. The quantitative estimate of drug-likeness (QED) is 0.769. The Kier molecular flexibility index (Phi) is 4.18. The minimum atomic E-state index is -4.85. The van der Waals surface area contributed by atoms with Gasteiger partial charge in [0.15, 0.2) is 0 Å². The van der Waals surface area contributed by atoms with Gasteiger partial charge < -0.3 is 19.0 Å². The number of carbonyl (C=O) groups is 1. The topological polar surface area (TPSA) is 86.4 Å². The van der Waals surface area contributed by atoms with Crippen molar-refractivity contribution in [1.29, 1.82) is 0 Å². The van der Waals surface area contributed by atoms with Gasteiger partial charge in [0.1, 0.15) is 23.2 Å². The number of nitrogens with zero attached hydrogens (tertiary/aromatic N) is 2. The summed E-state index contributed by atoms with van der Waals surface area (Å²) in [5, 5.41) is 2.42. The SMILES string of the molecule is Cc1oc2ncn(C)c(=O)c2c1C(=O)Nc1cccc(OC(F)(F)F)c1. The average molecular weight is 367 g/mol. The van der Waals surface area contributed by atoms with E-state index < -0.39 is 23.6 Å². The first kappa shape index (κ1) is 17.5. The maximum absolute atomic E-state index is 12.6. The normalized spacial score (nSPS) is 11.6. The van der Waals surface area contributed by atoms with E-state index in [0.29, 0.717) is 0 Å². The highest BCUT2D eigenvalue weighted by atomic mass is 19.4. The van der Waals surface area contributed by atoms with E-state index in [9.17, 15) is 22.8 Å². The number of aryl methyl sites for hydroxylation is 2. The summed E-state index contributed by atoms with van der Waals surface area (Å²) in [6, 6.07) is 4.79. The van der Waals surface area contributed by atoms with Crippen LogP contribution in [0.4, 0.5) is 18.9 Å². The minimum Gasteiger partial charge on any atom is -0.442 e. The predicted molar refractivity (Wildman–Crippen MR) is 85.1 cm³/mol. The largest absolute Gasteiger partial charge is 0.573 e. The summed E-state index contributed by atoms with van der Waals surface area (Å²) in [6.45, 7) is 1.49. The number of benzene rings is 1. The van der Waals surface area contributed by atoms with E-state index in [-0.39, 0.29) is 28.1 Å². The summed E-state index contributed by atoms with van der Waals surface area (Å²) in [5.41, 5.74) is -0.446. The van der Waals surface area contributed by atoms with Crippen LogP contribution in [0.15, 0.2) is 39.8 Å². The number of furan rings is 1. The van der Waals surface area contributed by atoms with Crippen molar-refractivity contribution < 1.29 is 27.1 Å². The Morgan fingerprint density at radius 3 is 2.77 bits per heavy atom. The van der Waals surface area contributed by atoms with Gasteiger partial charge in [-0.3, -0.25) is 9.59 Å². The number of rotatable bonds is 3. The van der Waals surface area contributed by atoms with Crippen molar-refractivity contribution in [2.75, 3.05) is 5.32 Å². The third kappa shape index (κ3) is 3.39. The van der Waals surface area contributed by atoms with Gasteiger partial charge in [0.2, 0.25) is 5.71 Å². The molecule has 2 aromatic heterocycles. The molecule has 0 saturated heterocycles. The highest BCUT2D eigenvalue weighted by Gasteiger charge is 2.31. The van der Waals surface area contributed by atoms with Gasteiger partial charge in [0, 0.05) is 18.8 Å². The van der Waals surface area contributed by atoms with Crippen LogP contribution in [0.2, 0.25) is 0 Å². The smallest absolute Gasteiger partial charge is 0.442 e. The number of alkyl halides is 3. The molecule has 136 valence electrons. The Labute approximate surface area is 144 Å². The Morgan fingerprint density at radius 2 is 2.08 bits per heavy atom. The Hall–Kier alpha value is -3.30. The van der Waals surface area contributed by atoms with Gasteiger partial charge in [-0.1, -0.05) is 6.07 Å². The zero-order valence-corrected chi connectivity index (χ0v) is 13.5. The highest BCUT2D eigenvalue weighted by Crippen LogP contribution is 2.26. The molecule has 0 radical (unpaired) electrons. The van der Waals surface area contributed by atoms with Crippen LogP contribution < -0.4 is 15.6 Å². The van der Waals surface area contributed by atoms with Gasteiger partial charge >= 0.3 is 6.36 Å². The number of hydrogen-bond donors (Lipinski definition) is 1. The standard InChI is InChI=1S/C16H12F3N3O4/c1-8-11(12-14(25-8)20-7-22(2)15(12)24)13(23)21-9-4-3-5-10(6-9)26-16(17,18)19/h3-7H,1-2H3,(H,21,23). The fraction of sp³-hybridized carbons (Fsp3) is 0.188. The monoisotopic (exact) mass is 367 g/mol. The lowest BCUT2D eigenvalue weighted by atomic mass is 10.1. The summed E-state index contributed by atoms with van der Waals surface area (Å²) in [5.74, 6) is -1.03. The van der Waals surface area contributed by atoms with Crippen LogP contribution in [-0.4, -0.2) is 21.8 Å². The summed E-state index contributed by atoms with van der Waals surface area (Å²) >= 11 is 0. The van der Waals surface area contributed by atoms with E-state index in [1.54, 1.807) is 0 Å². The van der Waals surface area contributed by atoms with Crippen molar-refractivity contribution in [3.05, 3.63) is 52.3 Å². The molecular formula is C16H12F3N3O4. The number of hydrogen-bond acceptors (Lipinski definition) is 5. The van der Waals surface area contributed by atoms with Crippen LogP contribution in [0.3, 0.4) is 0 Å². The molecule has 1 amide bonds. The fourth-order valence-electron chi connectivity index (χ4n) is 2.43. The van der Waals surface area contributed by atoms with Crippen LogP contribution in [0.25, 0.3) is 11.1 Å². The maximum Gasteiger partial charge on any atom is 0.573 e. The van der Waals surface area contributed by atoms with Crippen molar-refractivity contribution in [1.82, 2.24) is 9.55 Å². The fourth-order valence-corrected chi connectivity index (χ4v) is 2.43. The van der Waals surface area contributed by atoms with Gasteiger partial charge in [-0.2, -0.15) is 0 Å². The second-order valence-electron chi connectivity index (χ2n) is 5.40. The number of ether oxygens (including phenoxy) is 1. The molecular weight excluding hydrogens is 355 g/mol. The highest BCUT2D eigenvalue weighted by molar-refractivity contribution is 6.12. The third-order valence-corrected chi connectivity index (χ3v) is 3.50. The molecule has 0 aliphatic rings. The molecule has 0 saturated carbocycles. The van der Waals surface area contributed by atoms with Crippen molar-refractivity contribution in [3.8, 4) is 5.75 Å². The molecule has 7 nitrogen and oxygen atoms in total. The van der Waals surface area contributed by atoms with Crippen LogP contribution >= 0.6 is 0 Å². The van der Waals surface area contributed by atoms with Crippen LogP contribution in [0.5, 0.6) is 5.75 Å². The van der Waals surface area contributed by atoms with Crippen molar-refractivity contribution in [2.24, 2.45) is 7.05 Å². The van der Waals surface area contributed by atoms with E-state index >= 15 is 0 Å². The molecule has 3 aromatic rings. The Bertz CT molecular complexity index is 1050. The Morgan fingerprint density at radius 1 is 1.35 bits per heavy atom. The van der Waals surface area contributed by atoms with E-state index in [4.69, 9.17) is 4.42 Å². The van der Waals surface area contributed by atoms with E-state index in [0.717, 1.165) is 12.1 Å². The van der Waals surface area contributed by atoms with Gasteiger partial charge in [-0.05, 0) is 19.1 Å². The second kappa shape index (κ2) is 6.21. The van der Waals surface area contributed by atoms with Crippen LogP contribution in [0, 0.1) is 6.92 Å². The third-order valence-electron chi connectivity index (χ3n) is 3.50. The van der Waals surface area contributed by atoms with Gasteiger partial charge in [-0.15, -0.1) is 13.2 Å². The molecule has 1 N–H and O–H groups in total. The number of aromatic nitrogens is 2. The lowest BCUT2D eigenvalue weighted by molar-refractivity contribution is -0.274. The summed E-state index contributed by atoms with van der Waals surface area (Å²) < 4.78 is 47.2. The minimum absolute atomic E-state index is 0.00454. The van der Waals surface area contributed by atoms with Gasteiger partial charge in [0.05, 0.1) is 5.56 Å². The molecule has 10 heteroatoms. The van der Waals surface area contributed by atoms with Gasteiger partial charge in [-0.25, -0.2) is 4.98 Å². The number of carbonyl (C=O) groups excluding carboxylic acids is 1. The number of halogens is 3. The molecule has 2 heterocycles. The second-order valence-corrected chi connectivity index (χ2v) is 5.40. The van der Waals surface area contributed by atoms with E-state index in [1.165, 1.54) is 37.0 Å². The van der Waals surface area contributed by atoms with Gasteiger partial charge in [0.25, 0.3) is 11.5 Å². The molecule has 0 aliphatic heterocycles. The lowest BCUT2D eigenvalue weighted by Crippen LogP contribution is -2.21. The van der Waals surface area contributed by atoms with Crippen LogP contribution in [0.1, 0.15) is 16.1 Å². The zero-order chi connectivity index (χ0) is 19.1.